The van der Waals surface area contributed by atoms with Crippen LogP contribution in [0.3, 0.4) is 0 Å². The van der Waals surface area contributed by atoms with E-state index < -0.39 is 10.0 Å². The normalized spacial score (nSPS) is 12.8. The predicted molar refractivity (Wildman–Crippen MR) is 154 cm³/mol. The fraction of sp³-hybridized carbons (Fsp3) is 0.406. The molecule has 37 heavy (non-hydrogen) atoms. The standard InChI is InChI=1S/C32H42N2O2S/c1-28-20-22-32(23-21-28)37(35,36)34(27-30-17-12-10-13-18-30)25-14-9-7-5-3-4-6-8-11-16-29(2)31-19-15-24-33-26-31/h9-10,12-15,17-24,26,29H,3-8,11,16,25,27H2,1-2H3/b14-9+. The SMILES string of the molecule is Cc1ccc(S(=O)(=O)N(C/C=C/CCCCCCCCC(C)c2cccnc2)Cc2ccccc2)cc1. The van der Waals surface area contributed by atoms with Gasteiger partial charge in [0.1, 0.15) is 0 Å². The maximum Gasteiger partial charge on any atom is 0.243 e. The molecule has 0 aliphatic carbocycles. The minimum atomic E-state index is -3.57. The molecular formula is C32H42N2O2S. The highest BCUT2D eigenvalue weighted by molar-refractivity contribution is 7.89. The number of sulfonamides is 1. The number of hydrogen-bond donors (Lipinski definition) is 0. The summed E-state index contributed by atoms with van der Waals surface area (Å²) in [4.78, 5) is 4.57. The Hall–Kier alpha value is -2.76. The molecule has 0 saturated carbocycles. The lowest BCUT2D eigenvalue weighted by atomic mass is 9.96. The van der Waals surface area contributed by atoms with Gasteiger partial charge in [-0.15, -0.1) is 0 Å². The van der Waals surface area contributed by atoms with Crippen LogP contribution < -0.4 is 0 Å². The number of rotatable bonds is 16. The van der Waals surface area contributed by atoms with Gasteiger partial charge in [-0.05, 0) is 61.4 Å². The van der Waals surface area contributed by atoms with Crippen molar-refractivity contribution in [3.63, 3.8) is 0 Å². The van der Waals surface area contributed by atoms with Gasteiger partial charge in [0.25, 0.3) is 0 Å². The van der Waals surface area contributed by atoms with E-state index in [0.29, 0.717) is 23.9 Å². The zero-order chi connectivity index (χ0) is 26.3. The minimum Gasteiger partial charge on any atom is -0.264 e. The molecule has 2 aromatic carbocycles. The maximum absolute atomic E-state index is 13.4. The Kier molecular flexibility index (Phi) is 12.1. The summed E-state index contributed by atoms with van der Waals surface area (Å²) < 4.78 is 28.3. The molecule has 0 radical (unpaired) electrons. The first-order valence-electron chi connectivity index (χ1n) is 13.6. The molecule has 5 heteroatoms. The average molecular weight is 519 g/mol. The number of allylic oxidation sites excluding steroid dienone is 1. The lowest BCUT2D eigenvalue weighted by Crippen LogP contribution is -2.31. The summed E-state index contributed by atoms with van der Waals surface area (Å²) in [5.74, 6) is 0.579. The Morgan fingerprint density at radius 1 is 0.838 bits per heavy atom. The fourth-order valence-corrected chi connectivity index (χ4v) is 5.84. The number of hydrogen-bond acceptors (Lipinski definition) is 3. The molecule has 0 bridgehead atoms. The van der Waals surface area contributed by atoms with E-state index in [2.05, 4.69) is 24.1 Å². The Balaban J connectivity index is 1.38. The molecule has 1 aromatic heterocycles. The summed E-state index contributed by atoms with van der Waals surface area (Å²) in [5.41, 5.74) is 3.37. The van der Waals surface area contributed by atoms with Crippen molar-refractivity contribution in [3.05, 3.63) is 108 Å². The molecule has 0 N–H and O–H groups in total. The Bertz CT molecular complexity index is 1160. The zero-order valence-electron chi connectivity index (χ0n) is 22.4. The van der Waals surface area contributed by atoms with E-state index in [1.807, 2.05) is 73.9 Å². The van der Waals surface area contributed by atoms with Crippen LogP contribution in [0.1, 0.15) is 80.9 Å². The molecule has 0 amide bonds. The van der Waals surface area contributed by atoms with E-state index in [-0.39, 0.29) is 0 Å². The highest BCUT2D eigenvalue weighted by Crippen LogP contribution is 2.22. The van der Waals surface area contributed by atoms with Crippen LogP contribution in [-0.2, 0) is 16.6 Å². The number of unbranched alkanes of at least 4 members (excludes halogenated alkanes) is 6. The van der Waals surface area contributed by atoms with Crippen LogP contribution in [-0.4, -0.2) is 24.3 Å². The van der Waals surface area contributed by atoms with Gasteiger partial charge in [-0.1, -0.05) is 105 Å². The number of nitrogens with zero attached hydrogens (tertiary/aromatic N) is 2. The van der Waals surface area contributed by atoms with E-state index in [0.717, 1.165) is 24.0 Å². The van der Waals surface area contributed by atoms with Gasteiger partial charge in [-0.2, -0.15) is 4.31 Å². The fourth-order valence-electron chi connectivity index (χ4n) is 4.46. The number of pyridine rings is 1. The Morgan fingerprint density at radius 2 is 1.54 bits per heavy atom. The summed E-state index contributed by atoms with van der Waals surface area (Å²) in [6.07, 6.45) is 17.6. The molecule has 1 unspecified atom stereocenters. The van der Waals surface area contributed by atoms with Crippen molar-refractivity contribution in [2.75, 3.05) is 6.54 Å². The van der Waals surface area contributed by atoms with E-state index >= 15 is 0 Å². The second kappa shape index (κ2) is 15.5. The molecule has 0 aliphatic rings. The van der Waals surface area contributed by atoms with Gasteiger partial charge < -0.3 is 0 Å². The van der Waals surface area contributed by atoms with Crippen molar-refractivity contribution in [1.29, 1.82) is 0 Å². The second-order valence-electron chi connectivity index (χ2n) is 9.95. The van der Waals surface area contributed by atoms with Gasteiger partial charge >= 0.3 is 0 Å². The first-order chi connectivity index (χ1) is 18.0. The van der Waals surface area contributed by atoms with Crippen molar-refractivity contribution in [2.24, 2.45) is 0 Å². The summed E-state index contributed by atoms with van der Waals surface area (Å²) in [6.45, 7) is 4.99. The minimum absolute atomic E-state index is 0.345. The smallest absolute Gasteiger partial charge is 0.243 e. The topological polar surface area (TPSA) is 50.3 Å². The molecule has 0 fully saturated rings. The van der Waals surface area contributed by atoms with Crippen LogP contribution in [0.15, 0.2) is 96.2 Å². The average Bonchev–Trinajstić information content (AvgIpc) is 2.92. The lowest BCUT2D eigenvalue weighted by molar-refractivity contribution is 0.438. The molecular weight excluding hydrogens is 476 g/mol. The molecule has 198 valence electrons. The van der Waals surface area contributed by atoms with Gasteiger partial charge in [0.2, 0.25) is 10.0 Å². The third-order valence-electron chi connectivity index (χ3n) is 6.85. The maximum atomic E-state index is 13.4. The van der Waals surface area contributed by atoms with Crippen LogP contribution >= 0.6 is 0 Å². The van der Waals surface area contributed by atoms with Crippen LogP contribution in [0.4, 0.5) is 0 Å². The summed E-state index contributed by atoms with van der Waals surface area (Å²) in [7, 11) is -3.57. The highest BCUT2D eigenvalue weighted by atomic mass is 32.2. The van der Waals surface area contributed by atoms with Gasteiger partial charge in [0.05, 0.1) is 4.90 Å². The van der Waals surface area contributed by atoms with Gasteiger partial charge in [0.15, 0.2) is 0 Å². The van der Waals surface area contributed by atoms with Crippen LogP contribution in [0.2, 0.25) is 0 Å². The largest absolute Gasteiger partial charge is 0.264 e. The monoisotopic (exact) mass is 518 g/mol. The highest BCUT2D eigenvalue weighted by Gasteiger charge is 2.23. The number of aryl methyl sites for hydroxylation is 1. The summed E-state index contributed by atoms with van der Waals surface area (Å²) in [5, 5.41) is 0. The van der Waals surface area contributed by atoms with E-state index in [4.69, 9.17) is 0 Å². The lowest BCUT2D eigenvalue weighted by Gasteiger charge is -2.21. The van der Waals surface area contributed by atoms with Gasteiger partial charge in [-0.3, -0.25) is 4.98 Å². The Morgan fingerprint density at radius 3 is 2.24 bits per heavy atom. The van der Waals surface area contributed by atoms with Crippen molar-refractivity contribution >= 4 is 10.0 Å². The summed E-state index contributed by atoms with van der Waals surface area (Å²) in [6, 6.07) is 21.1. The quantitative estimate of drug-likeness (QED) is 0.142. The van der Waals surface area contributed by atoms with E-state index in [1.54, 1.807) is 16.4 Å². The van der Waals surface area contributed by atoms with Crippen LogP contribution in [0.5, 0.6) is 0 Å². The molecule has 0 spiro atoms. The van der Waals surface area contributed by atoms with Crippen molar-refractivity contribution in [3.8, 4) is 0 Å². The van der Waals surface area contributed by atoms with Crippen LogP contribution in [0, 0.1) is 6.92 Å². The van der Waals surface area contributed by atoms with Crippen molar-refractivity contribution < 1.29 is 8.42 Å². The zero-order valence-corrected chi connectivity index (χ0v) is 23.2. The number of benzene rings is 2. The van der Waals surface area contributed by atoms with Crippen molar-refractivity contribution in [2.45, 2.75) is 82.6 Å². The Labute approximate surface area is 224 Å². The van der Waals surface area contributed by atoms with Gasteiger partial charge in [-0.25, -0.2) is 8.42 Å². The van der Waals surface area contributed by atoms with Gasteiger partial charge in [0, 0.05) is 25.5 Å². The first kappa shape index (κ1) is 28.8. The third kappa shape index (κ3) is 9.90. The molecule has 3 aromatic rings. The van der Waals surface area contributed by atoms with E-state index in [1.165, 1.54) is 44.1 Å². The van der Waals surface area contributed by atoms with Crippen molar-refractivity contribution in [1.82, 2.24) is 9.29 Å². The molecule has 4 nitrogen and oxygen atoms in total. The predicted octanol–water partition coefficient (Wildman–Crippen LogP) is 8.06. The molecule has 1 atom stereocenters. The second-order valence-corrected chi connectivity index (χ2v) is 11.9. The molecule has 1 heterocycles. The summed E-state index contributed by atoms with van der Waals surface area (Å²) >= 11 is 0. The van der Waals surface area contributed by atoms with Crippen LogP contribution in [0.25, 0.3) is 0 Å². The molecule has 0 saturated heterocycles. The van der Waals surface area contributed by atoms with E-state index in [9.17, 15) is 8.42 Å². The first-order valence-corrected chi connectivity index (χ1v) is 15.1. The molecule has 0 aliphatic heterocycles. The molecule has 3 rings (SSSR count). The third-order valence-corrected chi connectivity index (χ3v) is 8.67. The number of aromatic nitrogens is 1.